The molecule has 32 heavy (non-hydrogen) atoms. The quantitative estimate of drug-likeness (QED) is 0.421. The molecule has 0 atom stereocenters. The molecular weight excluding hydrogens is 459 g/mol. The van der Waals surface area contributed by atoms with Crippen molar-refractivity contribution >= 4 is 28.6 Å². The maximum atomic E-state index is 12.7. The average molecular weight is 478 g/mol. The number of aromatic nitrogens is 4. The third-order valence-corrected chi connectivity index (χ3v) is 6.68. The van der Waals surface area contributed by atoms with Crippen molar-refractivity contribution in [3.8, 4) is 16.4 Å². The van der Waals surface area contributed by atoms with E-state index in [4.69, 9.17) is 0 Å². The van der Waals surface area contributed by atoms with Crippen molar-refractivity contribution < 1.29 is 18.0 Å². The summed E-state index contributed by atoms with van der Waals surface area (Å²) in [6.07, 6.45) is -1.65. The van der Waals surface area contributed by atoms with Crippen molar-refractivity contribution in [2.75, 3.05) is 6.54 Å². The molecule has 0 bridgehead atoms. The lowest BCUT2D eigenvalue weighted by Gasteiger charge is -2.08. The van der Waals surface area contributed by atoms with Crippen LogP contribution >= 0.6 is 22.7 Å². The molecule has 0 saturated carbocycles. The third kappa shape index (κ3) is 4.73. The largest absolute Gasteiger partial charge is 0.417 e. The Hall–Kier alpha value is -3.05. The summed E-state index contributed by atoms with van der Waals surface area (Å²) in [7, 11) is 0. The molecule has 0 aromatic carbocycles. The van der Waals surface area contributed by atoms with Gasteiger partial charge in [-0.05, 0) is 44.5 Å². The highest BCUT2D eigenvalue weighted by Crippen LogP contribution is 2.30. The molecule has 11 heteroatoms. The summed E-state index contributed by atoms with van der Waals surface area (Å²) in [5, 5.41) is 10.0. The Balaban J connectivity index is 1.37. The molecule has 4 aromatic rings. The zero-order chi connectivity index (χ0) is 22.9. The fraction of sp³-hybridized carbons (Fsp3) is 0.238. The maximum Gasteiger partial charge on any atom is 0.417 e. The van der Waals surface area contributed by atoms with Crippen LogP contribution < -0.4 is 5.32 Å². The van der Waals surface area contributed by atoms with Crippen LogP contribution in [0.5, 0.6) is 0 Å². The number of nitrogens with one attached hydrogen (secondary N) is 1. The number of carbonyl (C=O) groups is 1. The molecule has 166 valence electrons. The molecule has 4 rings (SSSR count). The van der Waals surface area contributed by atoms with Gasteiger partial charge in [-0.25, -0.2) is 14.6 Å². The van der Waals surface area contributed by atoms with Crippen LogP contribution in [0, 0.1) is 13.8 Å². The van der Waals surface area contributed by atoms with Gasteiger partial charge < -0.3 is 5.32 Å². The number of pyridine rings is 1. The van der Waals surface area contributed by atoms with Gasteiger partial charge >= 0.3 is 6.18 Å². The van der Waals surface area contributed by atoms with E-state index in [9.17, 15) is 18.0 Å². The van der Waals surface area contributed by atoms with Crippen LogP contribution in [0.3, 0.4) is 0 Å². The minimum Gasteiger partial charge on any atom is -0.352 e. The number of carbonyl (C=O) groups excluding carboxylic acids is 1. The first-order valence-electron chi connectivity index (χ1n) is 9.60. The molecule has 0 aliphatic carbocycles. The van der Waals surface area contributed by atoms with Crippen molar-refractivity contribution in [3.05, 3.63) is 68.7 Å². The van der Waals surface area contributed by atoms with E-state index < -0.39 is 11.7 Å². The van der Waals surface area contributed by atoms with Crippen LogP contribution in [0.2, 0.25) is 0 Å². The normalized spacial score (nSPS) is 11.7. The number of halogens is 3. The lowest BCUT2D eigenvalue weighted by Crippen LogP contribution is -2.26. The second-order valence-electron chi connectivity index (χ2n) is 6.98. The fourth-order valence-electron chi connectivity index (χ4n) is 3.06. The molecule has 0 fully saturated rings. The Labute approximate surface area is 189 Å². The van der Waals surface area contributed by atoms with Crippen molar-refractivity contribution in [3.63, 3.8) is 0 Å². The Morgan fingerprint density at radius 1 is 1.16 bits per heavy atom. The summed E-state index contributed by atoms with van der Waals surface area (Å²) in [6, 6.07) is 6.22. The fourth-order valence-corrected chi connectivity index (χ4v) is 4.72. The van der Waals surface area contributed by atoms with Crippen LogP contribution in [0.15, 0.2) is 42.0 Å². The predicted octanol–water partition coefficient (Wildman–Crippen LogP) is 5.06. The van der Waals surface area contributed by atoms with Crippen LogP contribution in [0.4, 0.5) is 13.2 Å². The van der Waals surface area contributed by atoms with Gasteiger partial charge in [-0.15, -0.1) is 22.7 Å². The third-order valence-electron chi connectivity index (χ3n) is 4.74. The minimum atomic E-state index is -4.46. The molecule has 0 radical (unpaired) electrons. The second kappa shape index (κ2) is 8.83. The summed E-state index contributed by atoms with van der Waals surface area (Å²) >= 11 is 3.25. The summed E-state index contributed by atoms with van der Waals surface area (Å²) in [4.78, 5) is 23.1. The van der Waals surface area contributed by atoms with Crippen LogP contribution in [-0.4, -0.2) is 32.2 Å². The average Bonchev–Trinajstić information content (AvgIpc) is 3.47. The molecule has 0 aliphatic heterocycles. The van der Waals surface area contributed by atoms with E-state index in [1.165, 1.54) is 16.9 Å². The van der Waals surface area contributed by atoms with Crippen LogP contribution in [-0.2, 0) is 12.6 Å². The van der Waals surface area contributed by atoms with Gasteiger partial charge in [0, 0.05) is 23.0 Å². The predicted molar refractivity (Wildman–Crippen MR) is 117 cm³/mol. The van der Waals surface area contributed by atoms with Gasteiger partial charge in [0.15, 0.2) is 5.82 Å². The van der Waals surface area contributed by atoms with Gasteiger partial charge in [0.1, 0.15) is 0 Å². The zero-order valence-corrected chi connectivity index (χ0v) is 18.7. The van der Waals surface area contributed by atoms with E-state index in [0.717, 1.165) is 32.7 Å². The lowest BCUT2D eigenvalue weighted by molar-refractivity contribution is -0.137. The molecule has 1 amide bonds. The highest BCUT2D eigenvalue weighted by atomic mass is 32.1. The number of hydrogen-bond acceptors (Lipinski definition) is 6. The van der Waals surface area contributed by atoms with E-state index in [1.807, 2.05) is 24.4 Å². The van der Waals surface area contributed by atoms with Gasteiger partial charge in [0.05, 0.1) is 38.6 Å². The minimum absolute atomic E-state index is 0.206. The number of thiazole rings is 1. The summed E-state index contributed by atoms with van der Waals surface area (Å²) in [5.74, 6) is -0.0921. The molecular formula is C21H18F3N5OS2. The summed E-state index contributed by atoms with van der Waals surface area (Å²) in [5.41, 5.74) is 0.960. The lowest BCUT2D eigenvalue weighted by atomic mass is 10.2. The number of rotatable bonds is 6. The molecule has 0 unspecified atom stereocenters. The summed E-state index contributed by atoms with van der Waals surface area (Å²) < 4.78 is 39.5. The topological polar surface area (TPSA) is 72.7 Å². The SMILES string of the molecule is Cc1nc(-c2ccc(CCNC(=O)c3cnn(-c4ccc(C(F)(F)F)cn4)c3C)s2)cs1. The van der Waals surface area contributed by atoms with E-state index in [1.54, 1.807) is 29.6 Å². The molecule has 0 aliphatic rings. The zero-order valence-electron chi connectivity index (χ0n) is 17.1. The van der Waals surface area contributed by atoms with Gasteiger partial charge in [-0.1, -0.05) is 0 Å². The Bertz CT molecular complexity index is 1240. The van der Waals surface area contributed by atoms with Crippen molar-refractivity contribution in [1.82, 2.24) is 25.1 Å². The molecule has 0 spiro atoms. The first-order valence-corrected chi connectivity index (χ1v) is 11.3. The number of thiophene rings is 1. The van der Waals surface area contributed by atoms with E-state index in [0.29, 0.717) is 24.2 Å². The first-order chi connectivity index (χ1) is 15.2. The Morgan fingerprint density at radius 3 is 2.62 bits per heavy atom. The van der Waals surface area contributed by atoms with Gasteiger partial charge in [0.2, 0.25) is 0 Å². The Kier molecular flexibility index (Phi) is 6.11. The van der Waals surface area contributed by atoms with Gasteiger partial charge in [-0.2, -0.15) is 18.3 Å². The van der Waals surface area contributed by atoms with Crippen LogP contribution in [0.1, 0.15) is 31.5 Å². The molecule has 1 N–H and O–H groups in total. The molecule has 4 aromatic heterocycles. The van der Waals surface area contributed by atoms with E-state index in [2.05, 4.69) is 20.4 Å². The Morgan fingerprint density at radius 2 is 1.97 bits per heavy atom. The van der Waals surface area contributed by atoms with Crippen molar-refractivity contribution in [2.45, 2.75) is 26.4 Å². The number of aryl methyl sites for hydroxylation is 1. The summed E-state index contributed by atoms with van der Waals surface area (Å²) in [6.45, 7) is 4.08. The highest BCUT2D eigenvalue weighted by Gasteiger charge is 2.30. The second-order valence-corrected chi connectivity index (χ2v) is 9.21. The number of nitrogens with zero attached hydrogens (tertiary/aromatic N) is 4. The highest BCUT2D eigenvalue weighted by molar-refractivity contribution is 7.16. The monoisotopic (exact) mass is 477 g/mol. The van der Waals surface area contributed by atoms with E-state index >= 15 is 0 Å². The van der Waals surface area contributed by atoms with Crippen molar-refractivity contribution in [2.24, 2.45) is 0 Å². The smallest absolute Gasteiger partial charge is 0.352 e. The van der Waals surface area contributed by atoms with Gasteiger partial charge in [0.25, 0.3) is 5.91 Å². The van der Waals surface area contributed by atoms with Crippen molar-refractivity contribution in [1.29, 1.82) is 0 Å². The molecule has 6 nitrogen and oxygen atoms in total. The molecule has 0 saturated heterocycles. The standard InChI is InChI=1S/C21H18F3N5OS2/c1-12-16(10-27-29(12)19-6-3-14(9-26-19)21(22,23)24)20(30)25-8-7-15-4-5-18(32-15)17-11-31-13(2)28-17/h3-6,9-11H,7-8H2,1-2H3,(H,25,30). The van der Waals surface area contributed by atoms with E-state index in [-0.39, 0.29) is 11.7 Å². The molecule has 4 heterocycles. The number of hydrogen-bond donors (Lipinski definition) is 1. The maximum absolute atomic E-state index is 12.7. The number of alkyl halides is 3. The number of amides is 1. The van der Waals surface area contributed by atoms with Gasteiger partial charge in [-0.3, -0.25) is 4.79 Å². The first kappa shape index (κ1) is 22.2. The van der Waals surface area contributed by atoms with Crippen LogP contribution in [0.25, 0.3) is 16.4 Å².